The van der Waals surface area contributed by atoms with Crippen LogP contribution < -0.4 is 4.90 Å². The van der Waals surface area contributed by atoms with E-state index in [4.69, 9.17) is 0 Å². The van der Waals surface area contributed by atoms with E-state index in [-0.39, 0.29) is 23.2 Å². The molecule has 1 aromatic heterocycles. The number of benzene rings is 4. The molecule has 4 aromatic carbocycles. The predicted molar refractivity (Wildman–Crippen MR) is 161 cm³/mol. The molecular weight excluding hydrogens is 612 g/mol. The highest BCUT2D eigenvalue weighted by molar-refractivity contribution is 9.10. The number of azo groups is 2. The Morgan fingerprint density at radius 3 is 2.55 bits per heavy atom. The summed E-state index contributed by atoms with van der Waals surface area (Å²) in [5, 5.41) is 38.3. The number of amides is 1. The third-order valence-corrected chi connectivity index (χ3v) is 8.59. The van der Waals surface area contributed by atoms with Gasteiger partial charge in [0.1, 0.15) is 22.6 Å². The van der Waals surface area contributed by atoms with Crippen LogP contribution in [0.5, 0.6) is 11.5 Å². The van der Waals surface area contributed by atoms with Gasteiger partial charge in [0.05, 0.1) is 33.0 Å². The van der Waals surface area contributed by atoms with E-state index in [1.54, 1.807) is 24.3 Å². The molecule has 1 aliphatic heterocycles. The number of para-hydroxylation sites is 1. The number of hydrogen-bond acceptors (Lipinski definition) is 10. The number of thiazole rings is 1. The summed E-state index contributed by atoms with van der Waals surface area (Å²) in [6.45, 7) is 0. The van der Waals surface area contributed by atoms with E-state index in [1.165, 1.54) is 46.2 Å². The number of aromatic nitrogens is 1. The lowest BCUT2D eigenvalue weighted by atomic mass is 10.1. The van der Waals surface area contributed by atoms with Crippen LogP contribution in [0.2, 0.25) is 0 Å². The molecule has 9 nitrogen and oxygen atoms in total. The number of carbonyl (C=O) groups excluding carboxylic acids is 1. The van der Waals surface area contributed by atoms with Gasteiger partial charge in [-0.2, -0.15) is 5.11 Å². The molecule has 1 unspecified atom stereocenters. The number of carbonyl (C=O) groups is 1. The molecule has 2 N–H and O–H groups in total. The minimum atomic E-state index is -0.591. The largest absolute Gasteiger partial charge is 0.508 e. The van der Waals surface area contributed by atoms with Gasteiger partial charge in [-0.3, -0.25) is 9.69 Å². The topological polar surface area (TPSA) is 123 Å². The summed E-state index contributed by atoms with van der Waals surface area (Å²) in [5.74, 6) is -0.0316. The molecule has 0 bridgehead atoms. The summed E-state index contributed by atoms with van der Waals surface area (Å²) in [5.41, 5.74) is 3.22. The van der Waals surface area contributed by atoms with E-state index in [1.807, 2.05) is 42.5 Å². The van der Waals surface area contributed by atoms with Gasteiger partial charge in [-0.05, 0) is 60.7 Å². The number of hydrogen-bond donors (Lipinski definition) is 2. The van der Waals surface area contributed by atoms with Crippen LogP contribution in [0.4, 0.5) is 27.9 Å². The van der Waals surface area contributed by atoms with Gasteiger partial charge >= 0.3 is 0 Å². The average Bonchev–Trinajstić information content (AvgIpc) is 3.55. The zero-order valence-corrected chi connectivity index (χ0v) is 23.8. The zero-order valence-electron chi connectivity index (χ0n) is 20.5. The van der Waals surface area contributed by atoms with Crippen molar-refractivity contribution >= 4 is 83.0 Å². The molecule has 1 aliphatic rings. The number of aromatic hydroxyl groups is 2. The number of phenolic OH excluding ortho intramolecular Hbond substituents is 2. The van der Waals surface area contributed by atoms with Crippen LogP contribution in [-0.2, 0) is 4.79 Å². The molecule has 0 spiro atoms. The number of anilines is 1. The number of phenols is 2. The molecule has 1 amide bonds. The summed E-state index contributed by atoms with van der Waals surface area (Å²) in [4.78, 5) is 19.1. The van der Waals surface area contributed by atoms with Crippen molar-refractivity contribution in [3.8, 4) is 11.5 Å². The lowest BCUT2D eigenvalue weighted by molar-refractivity contribution is -0.115. The van der Waals surface area contributed by atoms with Gasteiger partial charge < -0.3 is 10.2 Å². The Hall–Kier alpha value is -4.13. The van der Waals surface area contributed by atoms with Gasteiger partial charge in [-0.25, -0.2) is 4.98 Å². The van der Waals surface area contributed by atoms with E-state index in [2.05, 4.69) is 41.4 Å². The second-order valence-corrected chi connectivity index (χ2v) is 11.7. The quantitative estimate of drug-likeness (QED) is 0.181. The van der Waals surface area contributed by atoms with Crippen LogP contribution in [0, 0.1) is 0 Å². The summed E-state index contributed by atoms with van der Waals surface area (Å²) >= 11 is 6.20. The van der Waals surface area contributed by atoms with Crippen molar-refractivity contribution in [2.45, 2.75) is 5.37 Å². The van der Waals surface area contributed by atoms with Gasteiger partial charge in [0.15, 0.2) is 0 Å². The normalized spacial score (nSPS) is 15.7. The number of rotatable bonds is 6. The molecule has 2 heterocycles. The maximum atomic E-state index is 13.1. The second kappa shape index (κ2) is 11.2. The van der Waals surface area contributed by atoms with Gasteiger partial charge in [0.2, 0.25) is 11.0 Å². The van der Waals surface area contributed by atoms with Crippen molar-refractivity contribution in [3.63, 3.8) is 0 Å². The monoisotopic (exact) mass is 630 g/mol. The SMILES string of the molecule is O=C1CSC(c2cc(N=Nc3nc4ccccc4s3)ccc2O)N1c1cc(O)ccc1N=Nc1cccc(Br)c1. The Balaban J connectivity index is 1.33. The van der Waals surface area contributed by atoms with Crippen LogP contribution in [0.1, 0.15) is 10.9 Å². The fourth-order valence-corrected chi connectivity index (χ4v) is 6.52. The fraction of sp³-hybridized carbons (Fsp3) is 0.0714. The molecule has 0 saturated carbocycles. The zero-order chi connectivity index (χ0) is 27.6. The lowest BCUT2D eigenvalue weighted by Gasteiger charge is -2.26. The van der Waals surface area contributed by atoms with Gasteiger partial charge in [-0.1, -0.05) is 45.5 Å². The molecule has 5 aromatic rings. The first kappa shape index (κ1) is 26.1. The van der Waals surface area contributed by atoms with Crippen molar-refractivity contribution in [1.82, 2.24) is 4.98 Å². The Labute approximate surface area is 245 Å². The first-order valence-corrected chi connectivity index (χ1v) is 14.6. The Bertz CT molecular complexity index is 1780. The molecule has 6 rings (SSSR count). The third kappa shape index (κ3) is 5.46. The van der Waals surface area contributed by atoms with Gasteiger partial charge in [0.25, 0.3) is 0 Å². The summed E-state index contributed by atoms with van der Waals surface area (Å²) < 4.78 is 1.87. The van der Waals surface area contributed by atoms with Crippen molar-refractivity contribution in [3.05, 3.63) is 95.0 Å². The van der Waals surface area contributed by atoms with Crippen LogP contribution in [0.3, 0.4) is 0 Å². The van der Waals surface area contributed by atoms with Crippen molar-refractivity contribution in [1.29, 1.82) is 0 Å². The van der Waals surface area contributed by atoms with Crippen molar-refractivity contribution in [2.24, 2.45) is 20.5 Å². The number of nitrogens with zero attached hydrogens (tertiary/aromatic N) is 6. The minimum Gasteiger partial charge on any atom is -0.508 e. The average molecular weight is 632 g/mol. The second-order valence-electron chi connectivity index (χ2n) is 8.69. The summed E-state index contributed by atoms with van der Waals surface area (Å²) in [6, 6.07) is 24.5. The molecule has 198 valence electrons. The minimum absolute atomic E-state index is 0.00796. The maximum Gasteiger partial charge on any atom is 0.238 e. The Morgan fingerprint density at radius 2 is 1.70 bits per heavy atom. The van der Waals surface area contributed by atoms with Crippen molar-refractivity contribution in [2.75, 3.05) is 10.7 Å². The maximum absolute atomic E-state index is 13.1. The fourth-order valence-electron chi connectivity index (χ4n) is 4.16. The van der Waals surface area contributed by atoms with E-state index in [0.29, 0.717) is 33.4 Å². The van der Waals surface area contributed by atoms with Crippen LogP contribution in [0.15, 0.2) is 110 Å². The lowest BCUT2D eigenvalue weighted by Crippen LogP contribution is -2.27. The van der Waals surface area contributed by atoms with Crippen molar-refractivity contribution < 1.29 is 15.0 Å². The smallest absolute Gasteiger partial charge is 0.238 e. The Kier molecular flexibility index (Phi) is 7.29. The predicted octanol–water partition coefficient (Wildman–Crippen LogP) is 9.08. The third-order valence-electron chi connectivity index (χ3n) is 5.98. The molecule has 1 fully saturated rings. The van der Waals surface area contributed by atoms with Gasteiger partial charge in [-0.15, -0.1) is 27.1 Å². The Morgan fingerprint density at radius 1 is 0.875 bits per heavy atom. The molecule has 0 radical (unpaired) electrons. The molecule has 40 heavy (non-hydrogen) atoms. The first-order valence-electron chi connectivity index (χ1n) is 12.0. The van der Waals surface area contributed by atoms with Crippen LogP contribution >= 0.6 is 39.0 Å². The highest BCUT2D eigenvalue weighted by Crippen LogP contribution is 2.49. The number of fused-ring (bicyclic) bond motifs is 1. The highest BCUT2D eigenvalue weighted by atomic mass is 79.9. The number of halogens is 1. The van der Waals surface area contributed by atoms with Gasteiger partial charge in [0, 0.05) is 16.1 Å². The van der Waals surface area contributed by atoms with Crippen LogP contribution in [-0.4, -0.2) is 26.9 Å². The van der Waals surface area contributed by atoms with E-state index >= 15 is 0 Å². The standard InChI is InChI=1S/C28H19BrN6O3S2/c29-16-4-3-5-17(12-16)31-33-21-10-9-19(36)14-23(21)35-26(38)15-39-27(35)20-13-18(8-11-24(20)37)32-34-28-30-22-6-1-2-7-25(22)40-28/h1-14,27,36-37H,15H2. The van der Waals surface area contributed by atoms with E-state index in [0.717, 1.165) is 14.7 Å². The summed E-state index contributed by atoms with van der Waals surface area (Å²) in [6.07, 6.45) is 0. The molecule has 0 aliphatic carbocycles. The number of thioether (sulfide) groups is 1. The highest BCUT2D eigenvalue weighted by Gasteiger charge is 2.37. The molecule has 1 saturated heterocycles. The molecule has 1 atom stereocenters. The first-order chi connectivity index (χ1) is 19.4. The van der Waals surface area contributed by atoms with E-state index < -0.39 is 5.37 Å². The molecular formula is C28H19BrN6O3S2. The summed E-state index contributed by atoms with van der Waals surface area (Å²) in [7, 11) is 0. The van der Waals surface area contributed by atoms with E-state index in [9.17, 15) is 15.0 Å². The molecule has 12 heteroatoms. The van der Waals surface area contributed by atoms with Crippen LogP contribution in [0.25, 0.3) is 10.2 Å².